The number of nitrogens with zero attached hydrogens (tertiary/aromatic N) is 3. The summed E-state index contributed by atoms with van der Waals surface area (Å²) in [4.78, 5) is 17.9. The van der Waals surface area contributed by atoms with Crippen LogP contribution in [0.5, 0.6) is 11.5 Å². The summed E-state index contributed by atoms with van der Waals surface area (Å²) in [6.07, 6.45) is 4.09. The summed E-state index contributed by atoms with van der Waals surface area (Å²) in [6.45, 7) is 8.57. The zero-order valence-corrected chi connectivity index (χ0v) is 21.9. The third-order valence-corrected chi connectivity index (χ3v) is 5.98. The van der Waals surface area contributed by atoms with Gasteiger partial charge in [-0.05, 0) is 78.5 Å². The first kappa shape index (κ1) is 24.5. The highest BCUT2D eigenvalue weighted by Crippen LogP contribution is 2.37. The highest BCUT2D eigenvalue weighted by Gasteiger charge is 2.15. The molecule has 0 saturated heterocycles. The fourth-order valence-electron chi connectivity index (χ4n) is 3.15. The third kappa shape index (κ3) is 5.59. The monoisotopic (exact) mass is 563 g/mol. The van der Waals surface area contributed by atoms with Gasteiger partial charge in [0.25, 0.3) is 5.56 Å². The number of aromatic nitrogens is 2. The molecule has 0 N–H and O–H groups in total. The van der Waals surface area contributed by atoms with Crippen molar-refractivity contribution in [3.8, 4) is 11.5 Å². The van der Waals surface area contributed by atoms with Crippen molar-refractivity contribution in [2.45, 2.75) is 53.1 Å². The Labute approximate surface area is 204 Å². The average molecular weight is 565 g/mol. The fraction of sp³-hybridized carbons (Fsp3) is 0.375. The van der Waals surface area contributed by atoms with Gasteiger partial charge in [0.2, 0.25) is 0 Å². The van der Waals surface area contributed by atoms with Gasteiger partial charge in [0.1, 0.15) is 5.82 Å². The van der Waals surface area contributed by atoms with Crippen LogP contribution in [0.3, 0.4) is 0 Å². The lowest BCUT2D eigenvalue weighted by Gasteiger charge is -2.18. The Bertz CT molecular complexity index is 1190. The molecule has 32 heavy (non-hydrogen) atoms. The molecule has 2 aromatic carbocycles. The molecule has 0 unspecified atom stereocenters. The Hall–Kier alpha value is -2.19. The summed E-state index contributed by atoms with van der Waals surface area (Å²) < 4.78 is 14.8. The van der Waals surface area contributed by atoms with Crippen LogP contribution in [0.1, 0.15) is 51.9 Å². The number of rotatable bonds is 9. The van der Waals surface area contributed by atoms with Crippen LogP contribution in [0.25, 0.3) is 10.9 Å². The number of ether oxygens (including phenoxy) is 2. The lowest BCUT2D eigenvalue weighted by Crippen LogP contribution is -2.22. The second kappa shape index (κ2) is 11.1. The smallest absolute Gasteiger partial charge is 0.282 e. The van der Waals surface area contributed by atoms with Crippen LogP contribution in [0.4, 0.5) is 0 Å². The molecule has 1 aromatic heterocycles. The van der Waals surface area contributed by atoms with Gasteiger partial charge in [0, 0.05) is 10.9 Å². The second-order valence-corrected chi connectivity index (χ2v) is 9.17. The molecular weight excluding hydrogens is 538 g/mol. The van der Waals surface area contributed by atoms with Crippen molar-refractivity contribution >= 4 is 49.0 Å². The number of hydrogen-bond donors (Lipinski definition) is 0. The van der Waals surface area contributed by atoms with E-state index in [1.54, 1.807) is 12.3 Å². The highest BCUT2D eigenvalue weighted by molar-refractivity contribution is 9.10. The number of aryl methyl sites for hydroxylation is 1. The van der Waals surface area contributed by atoms with Gasteiger partial charge in [-0.15, -0.1) is 0 Å². The molecule has 0 bridgehead atoms. The normalized spacial score (nSPS) is 12.4. The zero-order valence-electron chi connectivity index (χ0n) is 18.7. The molecule has 0 spiro atoms. The quantitative estimate of drug-likeness (QED) is 0.285. The van der Waals surface area contributed by atoms with Crippen LogP contribution in [-0.4, -0.2) is 28.6 Å². The minimum absolute atomic E-state index is 0.0585. The first-order valence-electron chi connectivity index (χ1n) is 10.8. The molecule has 0 fully saturated rings. The summed E-state index contributed by atoms with van der Waals surface area (Å²) in [6, 6.07) is 9.27. The molecule has 0 aliphatic carbocycles. The standard InChI is InChI=1S/C24H27Br2N3O3/c1-5-8-22-28-20-10-9-17(25)13-18(20)24(30)29(22)27-14-16-11-19(26)23(32-15(4)6-2)21(12-16)31-7-3/h9-15H,5-8H2,1-4H3/t15-/m0/s1. The lowest BCUT2D eigenvalue weighted by molar-refractivity contribution is 0.202. The van der Waals surface area contributed by atoms with E-state index >= 15 is 0 Å². The van der Waals surface area contributed by atoms with Gasteiger partial charge in [-0.2, -0.15) is 9.78 Å². The van der Waals surface area contributed by atoms with Crippen molar-refractivity contribution in [3.05, 3.63) is 61.0 Å². The molecule has 3 rings (SSSR count). The molecule has 170 valence electrons. The summed E-state index contributed by atoms with van der Waals surface area (Å²) in [7, 11) is 0. The van der Waals surface area contributed by atoms with Crippen LogP contribution >= 0.6 is 31.9 Å². The molecule has 0 aliphatic rings. The summed E-state index contributed by atoms with van der Waals surface area (Å²) in [5.41, 5.74) is 1.25. The predicted molar refractivity (Wildman–Crippen MR) is 136 cm³/mol. The largest absolute Gasteiger partial charge is 0.490 e. The van der Waals surface area contributed by atoms with Crippen LogP contribution in [-0.2, 0) is 6.42 Å². The first-order valence-corrected chi connectivity index (χ1v) is 12.3. The van der Waals surface area contributed by atoms with E-state index in [-0.39, 0.29) is 11.7 Å². The maximum absolute atomic E-state index is 13.2. The van der Waals surface area contributed by atoms with Gasteiger partial charge >= 0.3 is 0 Å². The number of halogens is 2. The SMILES string of the molecule is CCCc1nc2ccc(Br)cc2c(=O)n1N=Cc1cc(Br)c(O[C@@H](C)CC)c(OCC)c1. The van der Waals surface area contributed by atoms with Gasteiger partial charge in [-0.25, -0.2) is 4.98 Å². The van der Waals surface area contributed by atoms with Crippen molar-refractivity contribution < 1.29 is 9.47 Å². The number of benzene rings is 2. The van der Waals surface area contributed by atoms with Gasteiger partial charge in [0.15, 0.2) is 11.5 Å². The van der Waals surface area contributed by atoms with Crippen LogP contribution in [0.2, 0.25) is 0 Å². The molecule has 6 nitrogen and oxygen atoms in total. The van der Waals surface area contributed by atoms with E-state index in [2.05, 4.69) is 48.9 Å². The third-order valence-electron chi connectivity index (χ3n) is 4.90. The Kier molecular flexibility index (Phi) is 8.48. The topological polar surface area (TPSA) is 65.7 Å². The van der Waals surface area contributed by atoms with Gasteiger partial charge in [0.05, 0.1) is 34.3 Å². The van der Waals surface area contributed by atoms with E-state index in [1.165, 1.54) is 4.68 Å². The van der Waals surface area contributed by atoms with Gasteiger partial charge in [-0.3, -0.25) is 4.79 Å². The van der Waals surface area contributed by atoms with Crippen molar-refractivity contribution in [3.63, 3.8) is 0 Å². The molecule has 0 radical (unpaired) electrons. The molecule has 0 amide bonds. The van der Waals surface area contributed by atoms with Crippen molar-refractivity contribution in [2.24, 2.45) is 5.10 Å². The van der Waals surface area contributed by atoms with Crippen molar-refractivity contribution in [2.75, 3.05) is 6.61 Å². The Morgan fingerprint density at radius 3 is 2.66 bits per heavy atom. The van der Waals surface area contributed by atoms with Crippen LogP contribution in [0, 0.1) is 0 Å². The van der Waals surface area contributed by atoms with Crippen molar-refractivity contribution in [1.82, 2.24) is 9.66 Å². The van der Waals surface area contributed by atoms with Crippen molar-refractivity contribution in [1.29, 1.82) is 0 Å². The Morgan fingerprint density at radius 1 is 1.19 bits per heavy atom. The second-order valence-electron chi connectivity index (χ2n) is 7.40. The summed E-state index contributed by atoms with van der Waals surface area (Å²) >= 11 is 7.02. The van der Waals surface area contributed by atoms with Crippen LogP contribution < -0.4 is 15.0 Å². The summed E-state index contributed by atoms with van der Waals surface area (Å²) in [5, 5.41) is 5.03. The van der Waals surface area contributed by atoms with Gasteiger partial charge in [-0.1, -0.05) is 29.8 Å². The molecule has 0 saturated carbocycles. The number of hydrogen-bond acceptors (Lipinski definition) is 5. The summed E-state index contributed by atoms with van der Waals surface area (Å²) in [5.74, 6) is 1.93. The number of fused-ring (bicyclic) bond motifs is 1. The maximum atomic E-state index is 13.2. The Morgan fingerprint density at radius 2 is 1.97 bits per heavy atom. The fourth-order valence-corrected chi connectivity index (χ4v) is 4.06. The van der Waals surface area contributed by atoms with E-state index in [1.807, 2.05) is 45.0 Å². The zero-order chi connectivity index (χ0) is 23.3. The minimum atomic E-state index is -0.197. The molecule has 3 aromatic rings. The predicted octanol–water partition coefficient (Wildman–Crippen LogP) is 6.33. The van der Waals surface area contributed by atoms with E-state index in [9.17, 15) is 4.79 Å². The maximum Gasteiger partial charge on any atom is 0.282 e. The molecule has 1 heterocycles. The minimum Gasteiger partial charge on any atom is -0.490 e. The van der Waals surface area contributed by atoms with E-state index in [0.29, 0.717) is 41.3 Å². The Balaban J connectivity index is 2.07. The molecule has 8 heteroatoms. The molecule has 1 atom stereocenters. The highest BCUT2D eigenvalue weighted by atomic mass is 79.9. The lowest BCUT2D eigenvalue weighted by atomic mass is 10.2. The molecule has 0 aliphatic heterocycles. The molecular formula is C24H27Br2N3O3. The van der Waals surface area contributed by atoms with E-state index < -0.39 is 0 Å². The van der Waals surface area contributed by atoms with Gasteiger partial charge < -0.3 is 9.47 Å². The average Bonchev–Trinajstić information content (AvgIpc) is 2.76. The van der Waals surface area contributed by atoms with E-state index in [4.69, 9.17) is 9.47 Å². The van der Waals surface area contributed by atoms with Crippen LogP contribution in [0.15, 0.2) is 49.2 Å². The first-order chi connectivity index (χ1) is 15.4. The van der Waals surface area contributed by atoms with E-state index in [0.717, 1.165) is 27.4 Å².